The summed E-state index contributed by atoms with van der Waals surface area (Å²) >= 11 is 0. The molecule has 0 atom stereocenters. The number of rotatable bonds is 7. The zero-order valence-corrected chi connectivity index (χ0v) is 10.9. The Morgan fingerprint density at radius 1 is 1.53 bits per heavy atom. The summed E-state index contributed by atoms with van der Waals surface area (Å²) in [6.45, 7) is 2.97. The van der Waals surface area contributed by atoms with Crippen LogP contribution in [0, 0.1) is 0 Å². The van der Waals surface area contributed by atoms with Crippen molar-refractivity contribution in [3.8, 4) is 5.88 Å². The second-order valence-corrected chi connectivity index (χ2v) is 3.45. The summed E-state index contributed by atoms with van der Waals surface area (Å²) in [6, 6.07) is 3.23. The zero-order chi connectivity index (χ0) is 14.1. The highest BCUT2D eigenvalue weighted by atomic mass is 19.1. The largest absolute Gasteiger partial charge is 0.475 e. The number of nitrogens with one attached hydrogen (secondary N) is 1. The van der Waals surface area contributed by atoms with Gasteiger partial charge in [-0.25, -0.2) is 14.2 Å². The Labute approximate surface area is 110 Å². The first-order valence-electron chi connectivity index (χ1n) is 5.79. The fourth-order valence-corrected chi connectivity index (χ4v) is 1.10. The average molecular weight is 269 g/mol. The number of alkyl halides is 1. The molecule has 0 aromatic carbocycles. The Morgan fingerprint density at radius 2 is 2.32 bits per heavy atom. The number of anilines is 1. The van der Waals surface area contributed by atoms with Crippen molar-refractivity contribution >= 4 is 17.4 Å². The summed E-state index contributed by atoms with van der Waals surface area (Å²) in [5.41, 5.74) is 3.45. The molecule has 0 saturated heterocycles. The van der Waals surface area contributed by atoms with Crippen molar-refractivity contribution in [3.05, 3.63) is 18.3 Å². The molecule has 0 aliphatic rings. The van der Waals surface area contributed by atoms with E-state index < -0.39 is 12.6 Å². The van der Waals surface area contributed by atoms with Gasteiger partial charge in [-0.05, 0) is 19.9 Å². The molecule has 1 rings (SSSR count). The van der Waals surface area contributed by atoms with Crippen molar-refractivity contribution in [2.24, 2.45) is 5.10 Å². The predicted molar refractivity (Wildman–Crippen MR) is 69.1 cm³/mol. The van der Waals surface area contributed by atoms with Crippen LogP contribution >= 0.6 is 0 Å². The van der Waals surface area contributed by atoms with E-state index in [1.54, 1.807) is 19.1 Å². The third kappa shape index (κ3) is 5.33. The van der Waals surface area contributed by atoms with Crippen LogP contribution < -0.4 is 10.2 Å². The monoisotopic (exact) mass is 269 g/mol. The van der Waals surface area contributed by atoms with Gasteiger partial charge >= 0.3 is 5.97 Å². The van der Waals surface area contributed by atoms with Crippen LogP contribution in [0.1, 0.15) is 13.8 Å². The minimum atomic E-state index is -0.565. The Hall–Kier alpha value is -2.18. The van der Waals surface area contributed by atoms with Crippen LogP contribution in [-0.2, 0) is 9.53 Å². The molecule has 0 fully saturated rings. The third-order valence-electron chi connectivity index (χ3n) is 1.99. The standard InChI is InChI=1S/C12H16FN3O3/c1-3-18-12(17)9(2)15-16-10-4-5-11(14-8-10)19-7-6-13/h4-5,8,16H,3,6-7H2,1-2H3/b15-9-. The van der Waals surface area contributed by atoms with Crippen LogP contribution in [0.5, 0.6) is 5.88 Å². The van der Waals surface area contributed by atoms with E-state index in [-0.39, 0.29) is 12.3 Å². The van der Waals surface area contributed by atoms with Crippen molar-refractivity contribution in [2.75, 3.05) is 25.3 Å². The van der Waals surface area contributed by atoms with Gasteiger partial charge in [0.25, 0.3) is 0 Å². The number of aromatic nitrogens is 1. The normalized spacial score (nSPS) is 11.0. The van der Waals surface area contributed by atoms with Gasteiger partial charge in [0.1, 0.15) is 19.0 Å². The van der Waals surface area contributed by atoms with Crippen LogP contribution in [0.2, 0.25) is 0 Å². The van der Waals surface area contributed by atoms with Crippen LogP contribution in [-0.4, -0.2) is 36.6 Å². The molecule has 19 heavy (non-hydrogen) atoms. The lowest BCUT2D eigenvalue weighted by Crippen LogP contribution is -2.15. The molecule has 0 spiro atoms. The number of hydrogen-bond donors (Lipinski definition) is 1. The number of hydrogen-bond acceptors (Lipinski definition) is 6. The summed E-state index contributed by atoms with van der Waals surface area (Å²) in [4.78, 5) is 15.2. The quantitative estimate of drug-likeness (QED) is 0.464. The van der Waals surface area contributed by atoms with E-state index in [0.29, 0.717) is 18.2 Å². The molecular formula is C12H16FN3O3. The number of ether oxygens (including phenoxy) is 2. The number of halogens is 1. The van der Waals surface area contributed by atoms with Crippen molar-refractivity contribution in [1.82, 2.24) is 4.98 Å². The van der Waals surface area contributed by atoms with E-state index in [1.165, 1.54) is 13.1 Å². The Morgan fingerprint density at radius 3 is 2.89 bits per heavy atom. The molecule has 0 amide bonds. The highest BCUT2D eigenvalue weighted by molar-refractivity contribution is 6.35. The number of hydrazone groups is 1. The summed E-state index contributed by atoms with van der Waals surface area (Å²) in [7, 11) is 0. The number of nitrogens with zero attached hydrogens (tertiary/aromatic N) is 2. The number of carbonyl (C=O) groups is 1. The Bertz CT molecular complexity index is 434. The predicted octanol–water partition coefficient (Wildman–Crippen LogP) is 1.78. The van der Waals surface area contributed by atoms with Crippen LogP contribution in [0.4, 0.5) is 10.1 Å². The lowest BCUT2D eigenvalue weighted by atomic mass is 10.4. The van der Waals surface area contributed by atoms with Gasteiger partial charge in [0.05, 0.1) is 18.5 Å². The third-order valence-corrected chi connectivity index (χ3v) is 1.99. The molecule has 0 aliphatic heterocycles. The molecule has 6 nitrogen and oxygen atoms in total. The summed E-state index contributed by atoms with van der Waals surface area (Å²) in [5, 5.41) is 3.86. The van der Waals surface area contributed by atoms with Crippen LogP contribution in [0.15, 0.2) is 23.4 Å². The van der Waals surface area contributed by atoms with Gasteiger partial charge in [0.15, 0.2) is 0 Å². The van der Waals surface area contributed by atoms with Crippen molar-refractivity contribution in [2.45, 2.75) is 13.8 Å². The van der Waals surface area contributed by atoms with Crippen LogP contribution in [0.25, 0.3) is 0 Å². The van der Waals surface area contributed by atoms with E-state index >= 15 is 0 Å². The van der Waals surface area contributed by atoms with Gasteiger partial charge in [-0.1, -0.05) is 0 Å². The minimum Gasteiger partial charge on any atom is -0.475 e. The smallest absolute Gasteiger partial charge is 0.354 e. The van der Waals surface area contributed by atoms with E-state index in [2.05, 4.69) is 15.5 Å². The molecule has 1 N–H and O–H groups in total. The van der Waals surface area contributed by atoms with Gasteiger partial charge in [-0.15, -0.1) is 0 Å². The van der Waals surface area contributed by atoms with Crippen molar-refractivity contribution < 1.29 is 18.7 Å². The minimum absolute atomic E-state index is 0.0279. The first-order chi connectivity index (χ1) is 9.17. The first-order valence-corrected chi connectivity index (χ1v) is 5.79. The van der Waals surface area contributed by atoms with Gasteiger partial charge in [-0.3, -0.25) is 5.43 Å². The highest BCUT2D eigenvalue weighted by Gasteiger charge is 2.05. The number of pyridine rings is 1. The molecule has 0 bridgehead atoms. The SMILES string of the molecule is CCOC(=O)/C(C)=N\Nc1ccc(OCCF)nc1. The average Bonchev–Trinajstić information content (AvgIpc) is 2.43. The molecule has 0 radical (unpaired) electrons. The molecule has 0 unspecified atom stereocenters. The second kappa shape index (κ2) is 8.02. The van der Waals surface area contributed by atoms with Gasteiger partial charge in [-0.2, -0.15) is 5.10 Å². The Balaban J connectivity index is 2.53. The number of carbonyl (C=O) groups excluding carboxylic acids is 1. The lowest BCUT2D eigenvalue weighted by molar-refractivity contribution is -0.135. The molecule has 0 saturated carbocycles. The second-order valence-electron chi connectivity index (χ2n) is 3.45. The maximum Gasteiger partial charge on any atom is 0.354 e. The molecule has 0 aliphatic carbocycles. The van der Waals surface area contributed by atoms with E-state index in [9.17, 15) is 9.18 Å². The van der Waals surface area contributed by atoms with Crippen LogP contribution in [0.3, 0.4) is 0 Å². The van der Waals surface area contributed by atoms with E-state index in [1.807, 2.05) is 0 Å². The maximum atomic E-state index is 11.9. The fraction of sp³-hybridized carbons (Fsp3) is 0.417. The molecule has 1 heterocycles. The number of esters is 1. The summed E-state index contributed by atoms with van der Waals surface area (Å²) < 4.78 is 21.6. The highest BCUT2D eigenvalue weighted by Crippen LogP contribution is 2.11. The molecule has 1 aromatic heterocycles. The van der Waals surface area contributed by atoms with Gasteiger partial charge in [0.2, 0.25) is 5.88 Å². The van der Waals surface area contributed by atoms with E-state index in [4.69, 9.17) is 9.47 Å². The van der Waals surface area contributed by atoms with Gasteiger partial charge in [0, 0.05) is 6.07 Å². The van der Waals surface area contributed by atoms with E-state index in [0.717, 1.165) is 0 Å². The first kappa shape index (κ1) is 14.9. The van der Waals surface area contributed by atoms with Gasteiger partial charge < -0.3 is 9.47 Å². The zero-order valence-electron chi connectivity index (χ0n) is 10.9. The molecule has 104 valence electrons. The van der Waals surface area contributed by atoms with Crippen molar-refractivity contribution in [1.29, 1.82) is 0 Å². The van der Waals surface area contributed by atoms with Crippen molar-refractivity contribution in [3.63, 3.8) is 0 Å². The Kier molecular flexibility index (Phi) is 6.28. The summed E-state index contributed by atoms with van der Waals surface area (Å²) in [6.07, 6.45) is 1.47. The topological polar surface area (TPSA) is 72.8 Å². The molecule has 1 aromatic rings. The molecular weight excluding hydrogens is 253 g/mol. The summed E-state index contributed by atoms with van der Waals surface area (Å²) in [5.74, 6) is -0.153. The fourth-order valence-electron chi connectivity index (χ4n) is 1.10. The maximum absolute atomic E-state index is 11.9. The lowest BCUT2D eigenvalue weighted by Gasteiger charge is -2.05. The molecule has 7 heteroatoms.